The fourth-order valence-corrected chi connectivity index (χ4v) is 3.23. The van der Waals surface area contributed by atoms with Crippen molar-refractivity contribution in [2.24, 2.45) is 0 Å². The van der Waals surface area contributed by atoms with Crippen LogP contribution >= 0.6 is 27.3 Å². The lowest BCUT2D eigenvalue weighted by Gasteiger charge is -2.14. The average molecular weight is 340 g/mol. The molecule has 0 bridgehead atoms. The fourth-order valence-electron chi connectivity index (χ4n) is 1.77. The molecule has 1 N–H and O–H groups in total. The number of benzene rings is 1. The van der Waals surface area contributed by atoms with Gasteiger partial charge in [0.1, 0.15) is 5.75 Å². The molecule has 0 saturated carbocycles. The summed E-state index contributed by atoms with van der Waals surface area (Å²) in [6.07, 6.45) is 1.03. The van der Waals surface area contributed by atoms with Gasteiger partial charge in [0, 0.05) is 26.5 Å². The summed E-state index contributed by atoms with van der Waals surface area (Å²) in [5, 5.41) is 5.60. The topological polar surface area (TPSA) is 21.3 Å². The number of anilines is 1. The number of thiophene rings is 1. The zero-order chi connectivity index (χ0) is 13.7. The van der Waals surface area contributed by atoms with E-state index >= 15 is 0 Å². The molecule has 102 valence electrons. The summed E-state index contributed by atoms with van der Waals surface area (Å²) < 4.78 is 6.78. The van der Waals surface area contributed by atoms with Crippen LogP contribution in [0.3, 0.4) is 0 Å². The molecule has 2 rings (SSSR count). The molecule has 2 aromatic rings. The summed E-state index contributed by atoms with van der Waals surface area (Å²) in [5.41, 5.74) is 1.09. The van der Waals surface area contributed by atoms with Crippen LogP contribution in [-0.2, 0) is 0 Å². The molecule has 0 spiro atoms. The number of hydrogen-bond donors (Lipinski definition) is 1. The van der Waals surface area contributed by atoms with Gasteiger partial charge in [-0.1, -0.05) is 13.0 Å². The van der Waals surface area contributed by atoms with Gasteiger partial charge in [0.2, 0.25) is 0 Å². The highest BCUT2D eigenvalue weighted by molar-refractivity contribution is 9.10. The second-order valence-corrected chi connectivity index (χ2v) is 6.27. The molecule has 0 fully saturated rings. The van der Waals surface area contributed by atoms with E-state index in [1.807, 2.05) is 12.1 Å². The molecule has 2 nitrogen and oxygen atoms in total. The van der Waals surface area contributed by atoms with Crippen molar-refractivity contribution in [2.45, 2.75) is 26.3 Å². The predicted octanol–water partition coefficient (Wildman–Crippen LogP) is 5.47. The molecule has 0 aliphatic carbocycles. The Morgan fingerprint density at radius 1 is 1.37 bits per heavy atom. The largest absolute Gasteiger partial charge is 0.494 e. The van der Waals surface area contributed by atoms with Gasteiger partial charge in [0.25, 0.3) is 0 Å². The lowest BCUT2D eigenvalue weighted by atomic mass is 10.2. The predicted molar refractivity (Wildman–Crippen MR) is 86.3 cm³/mol. The average Bonchev–Trinajstić information content (AvgIpc) is 2.83. The first-order valence-electron chi connectivity index (χ1n) is 6.42. The molecule has 0 saturated heterocycles. The van der Waals surface area contributed by atoms with Crippen LogP contribution in [0.4, 0.5) is 5.69 Å². The van der Waals surface area contributed by atoms with Gasteiger partial charge in [-0.25, -0.2) is 0 Å². The standard InChI is InChI=1S/C15H18BrNOS/c1-3-7-18-14-6-4-5-13(9-14)17-11(2)15-8-12(16)10-19-15/h4-6,8-11,17H,3,7H2,1-2H3. The van der Waals surface area contributed by atoms with E-state index in [0.29, 0.717) is 0 Å². The third-order valence-electron chi connectivity index (χ3n) is 2.70. The van der Waals surface area contributed by atoms with Crippen molar-refractivity contribution < 1.29 is 4.74 Å². The Morgan fingerprint density at radius 2 is 2.21 bits per heavy atom. The van der Waals surface area contributed by atoms with Crippen molar-refractivity contribution >= 4 is 33.0 Å². The maximum absolute atomic E-state index is 5.64. The molecule has 0 aliphatic rings. The number of halogens is 1. The summed E-state index contributed by atoms with van der Waals surface area (Å²) in [5.74, 6) is 0.923. The van der Waals surface area contributed by atoms with Gasteiger partial charge < -0.3 is 10.1 Å². The minimum absolute atomic E-state index is 0.290. The minimum Gasteiger partial charge on any atom is -0.494 e. The van der Waals surface area contributed by atoms with Crippen LogP contribution in [0, 0.1) is 0 Å². The zero-order valence-corrected chi connectivity index (χ0v) is 13.6. The number of hydrogen-bond acceptors (Lipinski definition) is 3. The van der Waals surface area contributed by atoms with Crippen molar-refractivity contribution in [3.8, 4) is 5.75 Å². The van der Waals surface area contributed by atoms with Gasteiger partial charge in [-0.3, -0.25) is 0 Å². The van der Waals surface area contributed by atoms with Crippen LogP contribution in [0.2, 0.25) is 0 Å². The highest BCUT2D eigenvalue weighted by Gasteiger charge is 2.08. The van der Waals surface area contributed by atoms with Gasteiger partial charge in [0.15, 0.2) is 0 Å². The van der Waals surface area contributed by atoms with E-state index in [1.54, 1.807) is 11.3 Å². The van der Waals surface area contributed by atoms with Gasteiger partial charge in [-0.05, 0) is 47.5 Å². The van der Waals surface area contributed by atoms with Crippen LogP contribution < -0.4 is 10.1 Å². The maximum atomic E-state index is 5.64. The third-order valence-corrected chi connectivity index (χ3v) is 4.58. The summed E-state index contributed by atoms with van der Waals surface area (Å²) >= 11 is 5.24. The first kappa shape index (κ1) is 14.4. The number of ether oxygens (including phenoxy) is 1. The van der Waals surface area contributed by atoms with Crippen molar-refractivity contribution in [2.75, 3.05) is 11.9 Å². The summed E-state index contributed by atoms with van der Waals surface area (Å²) in [7, 11) is 0. The molecule has 1 heterocycles. The second kappa shape index (κ2) is 6.96. The van der Waals surface area contributed by atoms with E-state index in [0.717, 1.165) is 28.9 Å². The van der Waals surface area contributed by atoms with Gasteiger partial charge in [-0.15, -0.1) is 11.3 Å². The quantitative estimate of drug-likeness (QED) is 0.753. The monoisotopic (exact) mass is 339 g/mol. The minimum atomic E-state index is 0.290. The molecule has 1 atom stereocenters. The molecule has 19 heavy (non-hydrogen) atoms. The molecule has 1 aromatic carbocycles. The number of rotatable bonds is 6. The Balaban J connectivity index is 2.02. The molecule has 1 aromatic heterocycles. The Morgan fingerprint density at radius 3 is 2.89 bits per heavy atom. The Labute approximate surface area is 126 Å². The zero-order valence-electron chi connectivity index (χ0n) is 11.2. The summed E-state index contributed by atoms with van der Waals surface area (Å²) in [4.78, 5) is 1.31. The molecular weight excluding hydrogens is 322 g/mol. The van der Waals surface area contributed by atoms with Crippen molar-refractivity contribution in [1.82, 2.24) is 0 Å². The molecule has 4 heteroatoms. The Bertz CT molecular complexity index is 526. The van der Waals surface area contributed by atoms with Crippen LogP contribution in [0.25, 0.3) is 0 Å². The highest BCUT2D eigenvalue weighted by Crippen LogP contribution is 2.28. The van der Waals surface area contributed by atoms with E-state index in [2.05, 4.69) is 58.7 Å². The maximum Gasteiger partial charge on any atom is 0.121 e. The Kier molecular flexibility index (Phi) is 5.28. The lowest BCUT2D eigenvalue weighted by molar-refractivity contribution is 0.317. The fraction of sp³-hybridized carbons (Fsp3) is 0.333. The van der Waals surface area contributed by atoms with Crippen molar-refractivity contribution in [1.29, 1.82) is 0 Å². The van der Waals surface area contributed by atoms with Crippen LogP contribution in [0.5, 0.6) is 5.75 Å². The molecule has 0 aliphatic heterocycles. The lowest BCUT2D eigenvalue weighted by Crippen LogP contribution is -2.05. The normalized spacial score (nSPS) is 12.2. The van der Waals surface area contributed by atoms with Crippen LogP contribution in [0.15, 0.2) is 40.2 Å². The van der Waals surface area contributed by atoms with E-state index < -0.39 is 0 Å². The first-order valence-corrected chi connectivity index (χ1v) is 8.09. The van der Waals surface area contributed by atoms with Gasteiger partial charge in [-0.2, -0.15) is 0 Å². The van der Waals surface area contributed by atoms with Crippen LogP contribution in [-0.4, -0.2) is 6.61 Å². The summed E-state index contributed by atoms with van der Waals surface area (Å²) in [6.45, 7) is 5.04. The molecular formula is C15H18BrNOS. The highest BCUT2D eigenvalue weighted by atomic mass is 79.9. The van der Waals surface area contributed by atoms with E-state index in [-0.39, 0.29) is 6.04 Å². The van der Waals surface area contributed by atoms with Crippen LogP contribution in [0.1, 0.15) is 31.2 Å². The number of nitrogens with one attached hydrogen (secondary N) is 1. The second-order valence-electron chi connectivity index (χ2n) is 4.41. The molecule has 0 radical (unpaired) electrons. The van der Waals surface area contributed by atoms with Crippen molar-refractivity contribution in [3.05, 3.63) is 45.1 Å². The Hall–Kier alpha value is -1.000. The molecule has 0 amide bonds. The van der Waals surface area contributed by atoms with E-state index in [4.69, 9.17) is 4.74 Å². The smallest absolute Gasteiger partial charge is 0.121 e. The summed E-state index contributed by atoms with van der Waals surface area (Å²) in [6, 6.07) is 10.6. The van der Waals surface area contributed by atoms with E-state index in [9.17, 15) is 0 Å². The van der Waals surface area contributed by atoms with Gasteiger partial charge in [0.05, 0.1) is 12.6 Å². The third kappa shape index (κ3) is 4.25. The van der Waals surface area contributed by atoms with Crippen molar-refractivity contribution in [3.63, 3.8) is 0 Å². The first-order chi connectivity index (χ1) is 9.19. The SMILES string of the molecule is CCCOc1cccc(NC(C)c2cc(Br)cs2)c1. The van der Waals surface area contributed by atoms with E-state index in [1.165, 1.54) is 4.88 Å². The van der Waals surface area contributed by atoms with Gasteiger partial charge >= 0.3 is 0 Å². The molecule has 1 unspecified atom stereocenters.